The Kier molecular flexibility index (Phi) is 7.87. The molecule has 1 N–H and O–H groups in total. The van der Waals surface area contributed by atoms with Crippen LogP contribution in [0.1, 0.15) is 37.3 Å². The molecular weight excluding hydrogens is 363 g/mol. The highest BCUT2D eigenvalue weighted by atomic mass is 19.1. The molecule has 0 bridgehead atoms. The molecule has 0 aliphatic heterocycles. The van der Waals surface area contributed by atoms with Gasteiger partial charge in [-0.2, -0.15) is 0 Å². The minimum atomic E-state index is -0.625. The molecule has 0 aliphatic carbocycles. The van der Waals surface area contributed by atoms with Crippen molar-refractivity contribution in [3.63, 3.8) is 0 Å². The Balaban J connectivity index is 1.78. The summed E-state index contributed by atoms with van der Waals surface area (Å²) in [7, 11) is 0. The molecule has 0 radical (unpaired) electrons. The number of carbonyl (C=O) groups excluding carboxylic acids is 1. The van der Waals surface area contributed by atoms with Crippen LogP contribution in [0.2, 0.25) is 0 Å². The van der Waals surface area contributed by atoms with E-state index < -0.39 is 5.82 Å². The molecule has 0 saturated carbocycles. The second-order valence-electron chi connectivity index (χ2n) is 6.25. The van der Waals surface area contributed by atoms with Crippen molar-refractivity contribution < 1.29 is 28.5 Å². The number of hydrogen-bond acceptors (Lipinski definition) is 5. The number of phenolic OH excluding ortho intramolecular Hbond substituents is 1. The summed E-state index contributed by atoms with van der Waals surface area (Å²) in [5.74, 6) is 0.476. The van der Waals surface area contributed by atoms with Gasteiger partial charge < -0.3 is 19.3 Å². The fraction of sp³-hybridized carbons (Fsp3) is 0.318. The van der Waals surface area contributed by atoms with Gasteiger partial charge in [-0.05, 0) is 56.0 Å². The topological polar surface area (TPSA) is 65.0 Å². The van der Waals surface area contributed by atoms with E-state index in [2.05, 4.69) is 11.3 Å². The van der Waals surface area contributed by atoms with Crippen LogP contribution in [0.5, 0.6) is 23.0 Å². The first kappa shape index (κ1) is 21.3. The maximum absolute atomic E-state index is 13.4. The maximum Gasteiger partial charge on any atom is 0.298 e. The smallest absolute Gasteiger partial charge is 0.298 e. The van der Waals surface area contributed by atoms with Gasteiger partial charge in [0, 0.05) is 17.2 Å². The maximum atomic E-state index is 13.4. The molecule has 0 fully saturated rings. The molecule has 0 aromatic heterocycles. The van der Waals surface area contributed by atoms with E-state index in [1.165, 1.54) is 18.2 Å². The van der Waals surface area contributed by atoms with Gasteiger partial charge in [0.05, 0.1) is 13.2 Å². The Morgan fingerprint density at radius 1 is 1.14 bits per heavy atom. The Bertz CT molecular complexity index is 832. The lowest BCUT2D eigenvalue weighted by Gasteiger charge is -2.14. The summed E-state index contributed by atoms with van der Waals surface area (Å²) in [5, 5.41) is 10.3. The average molecular weight is 388 g/mol. The van der Waals surface area contributed by atoms with Crippen LogP contribution in [0, 0.1) is 12.7 Å². The fourth-order valence-electron chi connectivity index (χ4n) is 2.61. The number of aromatic hydroxyl groups is 1. The zero-order chi connectivity index (χ0) is 20.5. The zero-order valence-corrected chi connectivity index (χ0v) is 16.2. The van der Waals surface area contributed by atoms with Crippen molar-refractivity contribution in [3.8, 4) is 23.0 Å². The van der Waals surface area contributed by atoms with Gasteiger partial charge in [0.25, 0.3) is 6.47 Å². The number of rotatable bonds is 11. The second kappa shape index (κ2) is 10.3. The third kappa shape index (κ3) is 5.49. The quantitative estimate of drug-likeness (QED) is 0.432. The first-order chi connectivity index (χ1) is 13.5. The van der Waals surface area contributed by atoms with Crippen LogP contribution < -0.4 is 14.2 Å². The standard InChI is InChI=1S/C22H25FO5/c1-4-15(2)18-8-10-20(16(3)22(18)25)27-12-6-5-11-26-17-7-9-19(23)21(13-17)28-14-24/h7-10,13-14,25H,2,4-6,11-12H2,1,3H3. The summed E-state index contributed by atoms with van der Waals surface area (Å²) in [6.07, 6.45) is 2.23. The molecule has 0 aliphatic rings. The van der Waals surface area contributed by atoms with Crippen molar-refractivity contribution in [1.82, 2.24) is 0 Å². The Morgan fingerprint density at radius 3 is 2.54 bits per heavy atom. The molecule has 5 nitrogen and oxygen atoms in total. The van der Waals surface area contributed by atoms with Crippen LogP contribution in [0.15, 0.2) is 36.9 Å². The van der Waals surface area contributed by atoms with E-state index in [1.807, 2.05) is 26.0 Å². The monoisotopic (exact) mass is 388 g/mol. The molecule has 2 aromatic carbocycles. The van der Waals surface area contributed by atoms with Crippen molar-refractivity contribution in [2.75, 3.05) is 13.2 Å². The first-order valence-electron chi connectivity index (χ1n) is 9.14. The third-order valence-corrected chi connectivity index (χ3v) is 4.33. The summed E-state index contributed by atoms with van der Waals surface area (Å²) in [4.78, 5) is 10.3. The Hall–Kier alpha value is -3.02. The van der Waals surface area contributed by atoms with Crippen LogP contribution in [-0.2, 0) is 4.79 Å². The molecule has 28 heavy (non-hydrogen) atoms. The van der Waals surface area contributed by atoms with E-state index in [-0.39, 0.29) is 18.0 Å². The molecule has 0 heterocycles. The van der Waals surface area contributed by atoms with Crippen LogP contribution in [0.4, 0.5) is 4.39 Å². The predicted octanol–water partition coefficient (Wildman–Crippen LogP) is 5.04. The molecular formula is C22H25FO5. The van der Waals surface area contributed by atoms with Crippen LogP contribution in [-0.4, -0.2) is 24.8 Å². The lowest BCUT2D eigenvalue weighted by Crippen LogP contribution is -2.04. The van der Waals surface area contributed by atoms with Gasteiger partial charge in [-0.3, -0.25) is 4.79 Å². The molecule has 150 valence electrons. The van der Waals surface area contributed by atoms with E-state index in [1.54, 1.807) is 0 Å². The average Bonchev–Trinajstić information content (AvgIpc) is 2.69. The van der Waals surface area contributed by atoms with Crippen molar-refractivity contribution in [1.29, 1.82) is 0 Å². The molecule has 2 rings (SSSR count). The van der Waals surface area contributed by atoms with Gasteiger partial charge in [0.2, 0.25) is 0 Å². The molecule has 0 spiro atoms. The SMILES string of the molecule is C=C(CC)c1ccc(OCCCCOc2ccc(F)c(OC=O)c2)c(C)c1O. The van der Waals surface area contributed by atoms with E-state index in [9.17, 15) is 14.3 Å². The predicted molar refractivity (Wildman–Crippen MR) is 105 cm³/mol. The number of hydrogen-bond donors (Lipinski definition) is 1. The third-order valence-electron chi connectivity index (χ3n) is 4.33. The van der Waals surface area contributed by atoms with Crippen molar-refractivity contribution in [2.45, 2.75) is 33.1 Å². The highest BCUT2D eigenvalue weighted by molar-refractivity contribution is 5.71. The summed E-state index contributed by atoms with van der Waals surface area (Å²) in [6.45, 7) is 8.82. The van der Waals surface area contributed by atoms with Crippen molar-refractivity contribution in [2.24, 2.45) is 0 Å². The molecule has 0 saturated heterocycles. The first-order valence-corrected chi connectivity index (χ1v) is 9.14. The van der Waals surface area contributed by atoms with E-state index in [0.29, 0.717) is 30.3 Å². The summed E-state index contributed by atoms with van der Waals surface area (Å²) >= 11 is 0. The number of ether oxygens (including phenoxy) is 3. The second-order valence-corrected chi connectivity index (χ2v) is 6.25. The van der Waals surface area contributed by atoms with Crippen LogP contribution >= 0.6 is 0 Å². The zero-order valence-electron chi connectivity index (χ0n) is 16.2. The molecule has 0 atom stereocenters. The lowest BCUT2D eigenvalue weighted by atomic mass is 10.0. The number of halogens is 1. The number of unbranched alkanes of at least 4 members (excludes halogenated alkanes) is 1. The normalized spacial score (nSPS) is 10.4. The number of benzene rings is 2. The Morgan fingerprint density at radius 2 is 1.86 bits per heavy atom. The highest BCUT2D eigenvalue weighted by Gasteiger charge is 2.11. The van der Waals surface area contributed by atoms with Crippen molar-refractivity contribution >= 4 is 12.0 Å². The largest absolute Gasteiger partial charge is 0.507 e. The fourth-order valence-corrected chi connectivity index (χ4v) is 2.61. The van der Waals surface area contributed by atoms with Gasteiger partial charge in [-0.15, -0.1) is 0 Å². The minimum absolute atomic E-state index is 0.166. The Labute approximate surface area is 164 Å². The molecule has 0 amide bonds. The van der Waals surface area contributed by atoms with E-state index in [0.717, 1.165) is 30.4 Å². The van der Waals surface area contributed by atoms with Crippen LogP contribution in [0.25, 0.3) is 5.57 Å². The van der Waals surface area contributed by atoms with Gasteiger partial charge in [-0.25, -0.2) is 4.39 Å². The van der Waals surface area contributed by atoms with Gasteiger partial charge >= 0.3 is 0 Å². The lowest BCUT2D eigenvalue weighted by molar-refractivity contribution is -0.120. The number of carbonyl (C=O) groups is 1. The van der Waals surface area contributed by atoms with Crippen LogP contribution in [0.3, 0.4) is 0 Å². The van der Waals surface area contributed by atoms with Gasteiger partial charge in [-0.1, -0.05) is 13.5 Å². The van der Waals surface area contributed by atoms with Gasteiger partial charge in [0.15, 0.2) is 11.6 Å². The summed E-state index contributed by atoms with van der Waals surface area (Å²) < 4.78 is 29.2. The highest BCUT2D eigenvalue weighted by Crippen LogP contribution is 2.35. The molecule has 2 aromatic rings. The number of allylic oxidation sites excluding steroid dienone is 1. The summed E-state index contributed by atoms with van der Waals surface area (Å²) in [6, 6.07) is 7.65. The number of phenols is 1. The molecule has 6 heteroatoms. The van der Waals surface area contributed by atoms with Crippen molar-refractivity contribution in [3.05, 3.63) is 53.9 Å². The minimum Gasteiger partial charge on any atom is -0.507 e. The van der Waals surface area contributed by atoms with E-state index >= 15 is 0 Å². The molecule has 0 unspecified atom stereocenters. The summed E-state index contributed by atoms with van der Waals surface area (Å²) in [5.41, 5.74) is 2.32. The van der Waals surface area contributed by atoms with E-state index in [4.69, 9.17) is 9.47 Å². The van der Waals surface area contributed by atoms with Gasteiger partial charge in [0.1, 0.15) is 17.2 Å².